The molecule has 12 nitrogen and oxygen atoms in total. The third-order valence-corrected chi connectivity index (χ3v) is 7.66. The molecule has 238 valence electrons. The Balaban J connectivity index is 1.67. The van der Waals surface area contributed by atoms with Crippen LogP contribution >= 0.6 is 23.2 Å². The zero-order chi connectivity index (χ0) is 32.4. The number of ether oxygens (including phenoxy) is 4. The number of amides is 2. The van der Waals surface area contributed by atoms with Crippen LogP contribution in [-0.4, -0.2) is 123 Å². The van der Waals surface area contributed by atoms with Gasteiger partial charge in [0.25, 0.3) is 23.4 Å². The van der Waals surface area contributed by atoms with Gasteiger partial charge in [0.15, 0.2) is 0 Å². The number of fused-ring (bicyclic) bond motifs is 2. The summed E-state index contributed by atoms with van der Waals surface area (Å²) in [5.41, 5.74) is 0.448. The smallest absolute Gasteiger partial charge is 0.420 e. The fraction of sp³-hybridized carbons (Fsp3) is 0.467. The molecule has 0 aromatic heterocycles. The van der Waals surface area contributed by atoms with Crippen LogP contribution in [0.1, 0.15) is 33.6 Å². The summed E-state index contributed by atoms with van der Waals surface area (Å²) in [6.07, 6.45) is 0.182. The van der Waals surface area contributed by atoms with Crippen LogP contribution in [0.25, 0.3) is 0 Å². The molecule has 0 fully saturated rings. The number of rotatable bonds is 8. The van der Waals surface area contributed by atoms with Gasteiger partial charge in [-0.2, -0.15) is 0 Å². The van der Waals surface area contributed by atoms with Gasteiger partial charge in [0, 0.05) is 50.1 Å². The summed E-state index contributed by atoms with van der Waals surface area (Å²) in [7, 11) is 10.4. The molecular weight excluding hydrogens is 615 g/mol. The van der Waals surface area contributed by atoms with Crippen LogP contribution in [0, 0.1) is 0 Å². The highest BCUT2D eigenvalue weighted by Crippen LogP contribution is 2.36. The molecule has 2 aromatic carbocycles. The van der Waals surface area contributed by atoms with Crippen LogP contribution in [-0.2, 0) is 19.1 Å². The molecule has 0 saturated heterocycles. The lowest BCUT2D eigenvalue weighted by Gasteiger charge is -2.36. The second-order valence-corrected chi connectivity index (χ2v) is 12.4. The van der Waals surface area contributed by atoms with Gasteiger partial charge in [0.2, 0.25) is 0 Å². The molecule has 0 N–H and O–H groups in total. The van der Waals surface area contributed by atoms with Crippen LogP contribution < -0.4 is 9.47 Å². The molecule has 2 aromatic rings. The lowest BCUT2D eigenvalue weighted by atomic mass is 10.1. The summed E-state index contributed by atoms with van der Waals surface area (Å²) in [6.45, 7) is 0.383. The van der Waals surface area contributed by atoms with Gasteiger partial charge in [0.1, 0.15) is 11.5 Å². The molecule has 0 bridgehead atoms. The molecule has 4 rings (SSSR count). The van der Waals surface area contributed by atoms with Crippen LogP contribution in [0.15, 0.2) is 36.4 Å². The summed E-state index contributed by atoms with van der Waals surface area (Å²) >= 11 is 12.4. The van der Waals surface area contributed by atoms with Gasteiger partial charge >= 0.3 is 11.9 Å². The van der Waals surface area contributed by atoms with Gasteiger partial charge in [-0.25, -0.2) is 9.59 Å². The van der Waals surface area contributed by atoms with E-state index in [1.165, 1.54) is 48.2 Å². The van der Waals surface area contributed by atoms with Crippen molar-refractivity contribution in [3.63, 3.8) is 0 Å². The summed E-state index contributed by atoms with van der Waals surface area (Å²) in [6, 6.07) is 9.06. The topological polar surface area (TPSA) is 118 Å². The van der Waals surface area contributed by atoms with E-state index in [0.29, 0.717) is 23.1 Å². The van der Waals surface area contributed by atoms with Crippen LogP contribution in [0.2, 0.25) is 10.0 Å². The van der Waals surface area contributed by atoms with E-state index in [1.807, 2.05) is 38.0 Å². The fourth-order valence-electron chi connectivity index (χ4n) is 4.94. The average Bonchev–Trinajstić information content (AvgIpc) is 3.10. The third kappa shape index (κ3) is 7.55. The number of hydrogen-bond acceptors (Lipinski definition) is 10. The minimum atomic E-state index is -1.77. The normalized spacial score (nSPS) is 21.6. The van der Waals surface area contributed by atoms with E-state index in [4.69, 9.17) is 42.1 Å². The molecule has 44 heavy (non-hydrogen) atoms. The van der Waals surface area contributed by atoms with Crippen molar-refractivity contribution >= 4 is 47.0 Å². The summed E-state index contributed by atoms with van der Waals surface area (Å²) < 4.78 is 24.0. The average molecular weight is 652 g/mol. The molecular formula is C30H36Cl2N4O8. The first kappa shape index (κ1) is 33.3. The van der Waals surface area contributed by atoms with Gasteiger partial charge in [-0.05, 0) is 64.6 Å². The van der Waals surface area contributed by atoms with Crippen LogP contribution in [0.3, 0.4) is 0 Å². The monoisotopic (exact) mass is 650 g/mol. The lowest BCUT2D eigenvalue weighted by molar-refractivity contribution is -0.227. The first-order valence-electron chi connectivity index (χ1n) is 13.9. The first-order valence-corrected chi connectivity index (χ1v) is 14.6. The van der Waals surface area contributed by atoms with Crippen LogP contribution in [0.4, 0.5) is 0 Å². The predicted octanol–water partition coefficient (Wildman–Crippen LogP) is 3.00. The van der Waals surface area contributed by atoms with Crippen molar-refractivity contribution in [2.45, 2.75) is 24.4 Å². The quantitative estimate of drug-likeness (QED) is 0.312. The Kier molecular flexibility index (Phi) is 9.99. The number of carbonyl (C=O) groups is 4. The number of esters is 2. The summed E-state index contributed by atoms with van der Waals surface area (Å²) in [5.74, 6) is -6.81. The highest BCUT2D eigenvalue weighted by atomic mass is 35.5. The summed E-state index contributed by atoms with van der Waals surface area (Å²) in [4.78, 5) is 59.7. The van der Waals surface area contributed by atoms with E-state index < -0.39 is 23.5 Å². The Morgan fingerprint density at radius 3 is 1.45 bits per heavy atom. The van der Waals surface area contributed by atoms with Crippen molar-refractivity contribution in [3.05, 3.63) is 57.6 Å². The minimum Gasteiger partial charge on any atom is -0.449 e. The van der Waals surface area contributed by atoms with Crippen molar-refractivity contribution in [3.8, 4) is 11.5 Å². The van der Waals surface area contributed by atoms with Crippen molar-refractivity contribution in [1.29, 1.82) is 0 Å². The fourth-order valence-corrected chi connectivity index (χ4v) is 5.26. The highest BCUT2D eigenvalue weighted by molar-refractivity contribution is 6.31. The number of halogens is 2. The van der Waals surface area contributed by atoms with Crippen molar-refractivity contribution < 1.29 is 38.1 Å². The number of nitrogens with zero attached hydrogens (tertiary/aromatic N) is 4. The Hall–Kier alpha value is -3.58. The zero-order valence-corrected chi connectivity index (χ0v) is 27.0. The SMILES string of the molecule is CN(C)CCC1(OC(=O)C(=O)OC2(CCN(C)C)CN(C)C(=O)c3ccc(Cl)cc3O2)CN(C)C(=O)c2ccc(Cl)cc2O1. The summed E-state index contributed by atoms with van der Waals surface area (Å²) in [5, 5.41) is 0.612. The minimum absolute atomic E-state index is 0.0912. The maximum absolute atomic E-state index is 13.5. The Morgan fingerprint density at radius 1 is 0.750 bits per heavy atom. The standard InChI is InChI=1S/C30H36Cl2N4O8/c1-33(2)13-11-29(17-35(5)25(37)21-9-7-19(31)15-23(21)41-29)43-27(39)28(40)44-30(12-14-34(3)4)18-36(6)26(38)22-10-8-20(32)16-24(22)42-30/h7-10,15-16H,11-14,17-18H2,1-6H3. The Bertz CT molecular complexity index is 1350. The number of carbonyl (C=O) groups excluding carboxylic acids is 4. The molecule has 14 heteroatoms. The van der Waals surface area contributed by atoms with Crippen molar-refractivity contribution in [2.75, 3.05) is 68.5 Å². The van der Waals surface area contributed by atoms with Crippen LogP contribution in [0.5, 0.6) is 11.5 Å². The second-order valence-electron chi connectivity index (χ2n) is 11.5. The third-order valence-electron chi connectivity index (χ3n) is 7.19. The van der Waals surface area contributed by atoms with E-state index >= 15 is 0 Å². The number of hydrogen-bond donors (Lipinski definition) is 0. The molecule has 2 unspecified atom stereocenters. The highest BCUT2D eigenvalue weighted by Gasteiger charge is 2.48. The van der Waals surface area contributed by atoms with E-state index in [-0.39, 0.29) is 60.4 Å². The molecule has 0 saturated carbocycles. The molecule has 2 atom stereocenters. The predicted molar refractivity (Wildman–Crippen MR) is 162 cm³/mol. The number of benzene rings is 2. The maximum Gasteiger partial charge on any atom is 0.420 e. The molecule has 2 amide bonds. The number of likely N-dealkylation sites (N-methyl/N-ethyl adjacent to an activating group) is 2. The maximum atomic E-state index is 13.5. The molecule has 0 aliphatic carbocycles. The van der Waals surface area contributed by atoms with Gasteiger partial charge in [-0.1, -0.05) is 23.2 Å². The van der Waals surface area contributed by atoms with Crippen molar-refractivity contribution in [1.82, 2.24) is 19.6 Å². The molecule has 2 aliphatic rings. The zero-order valence-electron chi connectivity index (χ0n) is 25.5. The first-order chi connectivity index (χ1) is 20.6. The molecule has 0 spiro atoms. The van der Waals surface area contributed by atoms with E-state index in [2.05, 4.69) is 0 Å². The molecule has 2 heterocycles. The Morgan fingerprint density at radius 2 is 1.11 bits per heavy atom. The second kappa shape index (κ2) is 13.2. The Labute approximate surface area is 266 Å². The molecule has 2 aliphatic heterocycles. The van der Waals surface area contributed by atoms with Gasteiger partial charge in [-0.3, -0.25) is 9.59 Å². The van der Waals surface area contributed by atoms with Crippen molar-refractivity contribution in [2.24, 2.45) is 0 Å². The van der Waals surface area contributed by atoms with Gasteiger partial charge in [-0.15, -0.1) is 0 Å². The van der Waals surface area contributed by atoms with E-state index in [9.17, 15) is 19.2 Å². The largest absolute Gasteiger partial charge is 0.449 e. The van der Waals surface area contributed by atoms with E-state index in [1.54, 1.807) is 12.1 Å². The van der Waals surface area contributed by atoms with Gasteiger partial charge < -0.3 is 38.5 Å². The van der Waals surface area contributed by atoms with Gasteiger partial charge in [0.05, 0.1) is 24.2 Å². The van der Waals surface area contributed by atoms with E-state index in [0.717, 1.165) is 0 Å². The lowest BCUT2D eigenvalue weighted by Crippen LogP contribution is -2.54. The molecule has 0 radical (unpaired) electrons.